The maximum atomic E-state index is 9.48. The van der Waals surface area contributed by atoms with Crippen molar-refractivity contribution in [1.82, 2.24) is 9.78 Å². The number of aromatic nitrogens is 2. The topological polar surface area (TPSA) is 41.6 Å². The molecule has 1 heterocycles. The van der Waals surface area contributed by atoms with Crippen molar-refractivity contribution >= 4 is 0 Å². The van der Waals surface area contributed by atoms with Crippen molar-refractivity contribution < 1.29 is 0 Å². The Labute approximate surface area is 123 Å². The van der Waals surface area contributed by atoms with E-state index in [-0.39, 0.29) is 5.92 Å². The van der Waals surface area contributed by atoms with Crippen LogP contribution in [0.3, 0.4) is 0 Å². The molecule has 20 heavy (non-hydrogen) atoms. The van der Waals surface area contributed by atoms with Gasteiger partial charge in [-0.25, -0.2) is 0 Å². The zero-order chi connectivity index (χ0) is 14.5. The van der Waals surface area contributed by atoms with Gasteiger partial charge in [0.05, 0.1) is 23.7 Å². The smallest absolute Gasteiger partial charge is 0.0688 e. The summed E-state index contributed by atoms with van der Waals surface area (Å²) < 4.78 is 2.19. The molecule has 0 aromatic carbocycles. The van der Waals surface area contributed by atoms with Crippen LogP contribution in [0.15, 0.2) is 6.07 Å². The van der Waals surface area contributed by atoms with Crippen molar-refractivity contribution in [3.63, 3.8) is 0 Å². The Morgan fingerprint density at radius 3 is 2.70 bits per heavy atom. The number of hydrogen-bond donors (Lipinski definition) is 0. The molecule has 0 saturated heterocycles. The molecule has 1 aromatic rings. The summed E-state index contributed by atoms with van der Waals surface area (Å²) in [6, 6.07) is 5.05. The first-order chi connectivity index (χ1) is 9.73. The van der Waals surface area contributed by atoms with Crippen molar-refractivity contribution in [3.05, 3.63) is 17.5 Å². The highest BCUT2D eigenvalue weighted by Crippen LogP contribution is 2.39. The third-order valence-corrected chi connectivity index (χ3v) is 4.69. The van der Waals surface area contributed by atoms with Crippen LogP contribution in [0.2, 0.25) is 0 Å². The molecule has 0 aliphatic heterocycles. The Bertz CT molecular complexity index is 469. The molecule has 0 radical (unpaired) electrons. The maximum Gasteiger partial charge on any atom is 0.0688 e. The zero-order valence-corrected chi connectivity index (χ0v) is 13.1. The van der Waals surface area contributed by atoms with Crippen LogP contribution in [0.1, 0.15) is 70.3 Å². The van der Waals surface area contributed by atoms with Gasteiger partial charge in [-0.1, -0.05) is 33.6 Å². The second-order valence-corrected chi connectivity index (χ2v) is 6.05. The van der Waals surface area contributed by atoms with Gasteiger partial charge in [0.2, 0.25) is 0 Å². The predicted octanol–water partition coefficient (Wildman–Crippen LogP) is 4.29. The summed E-state index contributed by atoms with van der Waals surface area (Å²) in [5, 5.41) is 14.3. The molecule has 1 aromatic heterocycles. The molecule has 0 amide bonds. The molecule has 0 N–H and O–H groups in total. The molecule has 1 fully saturated rings. The van der Waals surface area contributed by atoms with Gasteiger partial charge < -0.3 is 0 Å². The fourth-order valence-corrected chi connectivity index (χ4v) is 3.54. The van der Waals surface area contributed by atoms with Crippen LogP contribution in [0.4, 0.5) is 0 Å². The van der Waals surface area contributed by atoms with Gasteiger partial charge in [-0.05, 0) is 44.1 Å². The van der Waals surface area contributed by atoms with Crippen molar-refractivity contribution in [3.8, 4) is 6.07 Å². The third-order valence-electron chi connectivity index (χ3n) is 4.69. The van der Waals surface area contributed by atoms with Crippen LogP contribution in [0, 0.1) is 23.2 Å². The lowest BCUT2D eigenvalue weighted by Gasteiger charge is -2.33. The molecule has 3 heteroatoms. The molecule has 1 aliphatic carbocycles. The minimum absolute atomic E-state index is 0.137. The summed E-state index contributed by atoms with van der Waals surface area (Å²) in [7, 11) is 0. The maximum absolute atomic E-state index is 9.48. The molecule has 1 aliphatic rings. The molecule has 0 spiro atoms. The highest BCUT2D eigenvalue weighted by atomic mass is 15.3. The van der Waals surface area contributed by atoms with Crippen LogP contribution in [0.5, 0.6) is 0 Å². The van der Waals surface area contributed by atoms with Gasteiger partial charge >= 0.3 is 0 Å². The average molecular weight is 273 g/mol. The second-order valence-electron chi connectivity index (χ2n) is 6.05. The Hall–Kier alpha value is -1.30. The summed E-state index contributed by atoms with van der Waals surface area (Å²) in [5.74, 6) is 0.909. The molecule has 2 rings (SSSR count). The number of nitriles is 1. The highest BCUT2D eigenvalue weighted by Gasteiger charge is 2.33. The number of aryl methyl sites for hydroxylation is 2. The van der Waals surface area contributed by atoms with E-state index in [1.807, 2.05) is 0 Å². The fraction of sp³-hybridized carbons (Fsp3) is 0.765. The van der Waals surface area contributed by atoms with Crippen LogP contribution >= 0.6 is 0 Å². The summed E-state index contributed by atoms with van der Waals surface area (Å²) >= 11 is 0. The second kappa shape index (κ2) is 6.92. The van der Waals surface area contributed by atoms with E-state index in [1.54, 1.807) is 0 Å². The summed E-state index contributed by atoms with van der Waals surface area (Å²) in [4.78, 5) is 0. The van der Waals surface area contributed by atoms with E-state index in [4.69, 9.17) is 5.10 Å². The Morgan fingerprint density at radius 1 is 1.30 bits per heavy atom. The van der Waals surface area contributed by atoms with Crippen molar-refractivity contribution in [2.75, 3.05) is 0 Å². The van der Waals surface area contributed by atoms with Crippen LogP contribution in [-0.4, -0.2) is 9.78 Å². The minimum atomic E-state index is 0.137. The minimum Gasteiger partial charge on any atom is -0.265 e. The van der Waals surface area contributed by atoms with Gasteiger partial charge in [0, 0.05) is 5.69 Å². The van der Waals surface area contributed by atoms with Crippen molar-refractivity contribution in [1.29, 1.82) is 5.26 Å². The van der Waals surface area contributed by atoms with Gasteiger partial charge in [-0.2, -0.15) is 10.4 Å². The third kappa shape index (κ3) is 3.06. The van der Waals surface area contributed by atoms with E-state index in [0.29, 0.717) is 6.04 Å². The summed E-state index contributed by atoms with van der Waals surface area (Å²) in [5.41, 5.74) is 2.46. The first-order valence-electron chi connectivity index (χ1n) is 8.20. The molecule has 1 saturated carbocycles. The Balaban J connectivity index is 2.26. The average Bonchev–Trinajstić information content (AvgIpc) is 2.90. The van der Waals surface area contributed by atoms with Gasteiger partial charge in [-0.15, -0.1) is 0 Å². The SMILES string of the molecule is CCCC1CCC(C#N)C(n2nc(CC)cc2CC)C1. The molecule has 0 bridgehead atoms. The number of nitrogens with zero attached hydrogens (tertiary/aromatic N) is 3. The lowest BCUT2D eigenvalue weighted by atomic mass is 9.77. The lowest BCUT2D eigenvalue weighted by Crippen LogP contribution is -2.28. The largest absolute Gasteiger partial charge is 0.265 e. The Kier molecular flexibility index (Phi) is 5.23. The summed E-state index contributed by atoms with van der Waals surface area (Å²) in [6.45, 7) is 6.58. The normalized spacial score (nSPS) is 26.4. The van der Waals surface area contributed by atoms with E-state index >= 15 is 0 Å². The van der Waals surface area contributed by atoms with Gasteiger partial charge in [-0.3, -0.25) is 4.68 Å². The quantitative estimate of drug-likeness (QED) is 0.803. The van der Waals surface area contributed by atoms with Crippen molar-refractivity contribution in [2.24, 2.45) is 11.8 Å². The molecule has 110 valence electrons. The monoisotopic (exact) mass is 273 g/mol. The molecular weight excluding hydrogens is 246 g/mol. The standard InChI is InChI=1S/C17H27N3/c1-4-7-13-8-9-14(12-18)17(10-13)20-16(6-3)11-15(5-2)19-20/h11,13-14,17H,4-10H2,1-3H3. The first kappa shape index (κ1) is 15.1. The fourth-order valence-electron chi connectivity index (χ4n) is 3.54. The predicted molar refractivity (Wildman–Crippen MR) is 81.4 cm³/mol. The zero-order valence-electron chi connectivity index (χ0n) is 13.1. The van der Waals surface area contributed by atoms with Crippen LogP contribution in [0.25, 0.3) is 0 Å². The van der Waals surface area contributed by atoms with Crippen LogP contribution < -0.4 is 0 Å². The van der Waals surface area contributed by atoms with E-state index in [1.165, 1.54) is 25.0 Å². The molecular formula is C17H27N3. The van der Waals surface area contributed by atoms with Gasteiger partial charge in [0.25, 0.3) is 0 Å². The van der Waals surface area contributed by atoms with E-state index < -0.39 is 0 Å². The van der Waals surface area contributed by atoms with E-state index in [2.05, 4.69) is 37.6 Å². The molecule has 3 nitrogen and oxygen atoms in total. The summed E-state index contributed by atoms with van der Waals surface area (Å²) in [6.07, 6.45) is 7.89. The lowest BCUT2D eigenvalue weighted by molar-refractivity contribution is 0.195. The first-order valence-corrected chi connectivity index (χ1v) is 8.20. The molecule has 3 unspecified atom stereocenters. The van der Waals surface area contributed by atoms with Crippen molar-refractivity contribution in [2.45, 2.75) is 71.8 Å². The van der Waals surface area contributed by atoms with Gasteiger partial charge in [0.15, 0.2) is 0 Å². The Morgan fingerprint density at radius 2 is 2.10 bits per heavy atom. The van der Waals surface area contributed by atoms with E-state index in [9.17, 15) is 5.26 Å². The van der Waals surface area contributed by atoms with Gasteiger partial charge in [0.1, 0.15) is 0 Å². The number of hydrogen-bond acceptors (Lipinski definition) is 2. The van der Waals surface area contributed by atoms with Crippen LogP contribution in [-0.2, 0) is 12.8 Å². The number of rotatable bonds is 5. The molecule has 3 atom stereocenters. The van der Waals surface area contributed by atoms with E-state index in [0.717, 1.165) is 37.3 Å². The highest BCUT2D eigenvalue weighted by molar-refractivity contribution is 5.13.